The first-order valence-corrected chi connectivity index (χ1v) is 9.67. The summed E-state index contributed by atoms with van der Waals surface area (Å²) in [4.78, 5) is 2.36. The molecule has 0 amide bonds. The van der Waals surface area contributed by atoms with Crippen LogP contribution in [0.2, 0.25) is 0 Å². The normalized spacial score (nSPS) is 21.2. The summed E-state index contributed by atoms with van der Waals surface area (Å²) in [6.07, 6.45) is 4.59. The molecule has 7 heteroatoms. The number of nitrogens with zero attached hydrogens (tertiary/aromatic N) is 2. The molecule has 2 N–H and O–H groups in total. The lowest BCUT2D eigenvalue weighted by Gasteiger charge is -2.22. The van der Waals surface area contributed by atoms with Gasteiger partial charge in [0.1, 0.15) is 9.90 Å². The van der Waals surface area contributed by atoms with Crippen LogP contribution in [0.25, 0.3) is 0 Å². The van der Waals surface area contributed by atoms with Crippen LogP contribution in [0, 0.1) is 11.8 Å². The molecule has 0 bridgehead atoms. The Kier molecular flexibility index (Phi) is 4.59. The Labute approximate surface area is 125 Å². The number of anilines is 2. The van der Waals surface area contributed by atoms with Gasteiger partial charge in [0.15, 0.2) is 15.7 Å². The summed E-state index contributed by atoms with van der Waals surface area (Å²) in [5.41, 5.74) is 5.74. The first-order valence-electron chi connectivity index (χ1n) is 7.01. The first-order chi connectivity index (χ1) is 9.30. The van der Waals surface area contributed by atoms with Gasteiger partial charge in [-0.05, 0) is 42.6 Å². The van der Waals surface area contributed by atoms with E-state index in [0.717, 1.165) is 30.9 Å². The highest BCUT2D eigenvalue weighted by molar-refractivity contribution is 7.91. The highest BCUT2D eigenvalue weighted by atomic mass is 32.2. The molecular weight excluding hydrogens is 294 g/mol. The fraction of sp³-hybridized carbons (Fsp3) is 0.769. The molecule has 114 valence electrons. The SMILES string of the molecule is CC(C)C1CCCN(c2snc(N)c2S(C)(=O)=O)CC1. The number of nitrogens with two attached hydrogens (primary N) is 1. The van der Waals surface area contributed by atoms with E-state index < -0.39 is 9.84 Å². The van der Waals surface area contributed by atoms with Crippen LogP contribution in [-0.4, -0.2) is 32.1 Å². The van der Waals surface area contributed by atoms with Crippen molar-refractivity contribution in [1.82, 2.24) is 4.37 Å². The molecule has 1 fully saturated rings. The van der Waals surface area contributed by atoms with Gasteiger partial charge in [-0.1, -0.05) is 13.8 Å². The average molecular weight is 317 g/mol. The van der Waals surface area contributed by atoms with E-state index in [-0.39, 0.29) is 10.7 Å². The van der Waals surface area contributed by atoms with Gasteiger partial charge in [-0.2, -0.15) is 4.37 Å². The van der Waals surface area contributed by atoms with Gasteiger partial charge < -0.3 is 10.6 Å². The molecule has 20 heavy (non-hydrogen) atoms. The van der Waals surface area contributed by atoms with Crippen molar-refractivity contribution in [2.24, 2.45) is 11.8 Å². The van der Waals surface area contributed by atoms with E-state index in [1.165, 1.54) is 24.2 Å². The van der Waals surface area contributed by atoms with Gasteiger partial charge in [0.05, 0.1) is 0 Å². The largest absolute Gasteiger partial charge is 0.382 e. The van der Waals surface area contributed by atoms with Crippen molar-refractivity contribution in [3.63, 3.8) is 0 Å². The third kappa shape index (κ3) is 3.25. The summed E-state index contributed by atoms with van der Waals surface area (Å²) in [6.45, 7) is 6.28. The Morgan fingerprint density at radius 3 is 2.65 bits per heavy atom. The smallest absolute Gasteiger partial charge is 0.182 e. The van der Waals surface area contributed by atoms with Gasteiger partial charge in [-0.3, -0.25) is 0 Å². The van der Waals surface area contributed by atoms with Gasteiger partial charge in [-0.15, -0.1) is 0 Å². The van der Waals surface area contributed by atoms with E-state index in [4.69, 9.17) is 5.73 Å². The summed E-state index contributed by atoms with van der Waals surface area (Å²) in [7, 11) is -3.33. The Balaban J connectivity index is 2.25. The van der Waals surface area contributed by atoms with E-state index in [1.54, 1.807) is 0 Å². The Hall–Kier alpha value is -0.820. The Bertz CT molecular complexity index is 566. The van der Waals surface area contributed by atoms with E-state index >= 15 is 0 Å². The second-order valence-corrected chi connectivity index (χ2v) is 8.60. The van der Waals surface area contributed by atoms with Gasteiger partial charge in [0, 0.05) is 19.3 Å². The molecule has 1 unspecified atom stereocenters. The van der Waals surface area contributed by atoms with Crippen molar-refractivity contribution in [1.29, 1.82) is 0 Å². The third-order valence-corrected chi connectivity index (χ3v) is 6.23. The van der Waals surface area contributed by atoms with Crippen LogP contribution in [-0.2, 0) is 9.84 Å². The third-order valence-electron chi connectivity index (χ3n) is 4.03. The topological polar surface area (TPSA) is 76.3 Å². The van der Waals surface area contributed by atoms with Crippen molar-refractivity contribution in [2.45, 2.75) is 38.0 Å². The van der Waals surface area contributed by atoms with Crippen LogP contribution < -0.4 is 10.6 Å². The molecular formula is C13H23N3O2S2. The highest BCUT2D eigenvalue weighted by Gasteiger charge is 2.27. The Morgan fingerprint density at radius 1 is 1.35 bits per heavy atom. The molecule has 0 aromatic carbocycles. The van der Waals surface area contributed by atoms with E-state index in [0.29, 0.717) is 11.8 Å². The van der Waals surface area contributed by atoms with Crippen LogP contribution in [0.4, 0.5) is 10.8 Å². The van der Waals surface area contributed by atoms with Gasteiger partial charge >= 0.3 is 0 Å². The number of hydrogen-bond donors (Lipinski definition) is 1. The molecule has 2 rings (SSSR count). The molecule has 0 spiro atoms. The molecule has 5 nitrogen and oxygen atoms in total. The maximum atomic E-state index is 11.9. The summed E-state index contributed by atoms with van der Waals surface area (Å²) in [5.74, 6) is 1.53. The maximum Gasteiger partial charge on any atom is 0.182 e. The van der Waals surface area contributed by atoms with E-state index in [2.05, 4.69) is 23.1 Å². The summed E-state index contributed by atoms with van der Waals surface area (Å²) >= 11 is 1.20. The zero-order chi connectivity index (χ0) is 14.9. The minimum Gasteiger partial charge on any atom is -0.382 e. The Morgan fingerprint density at radius 2 is 2.05 bits per heavy atom. The van der Waals surface area contributed by atoms with Crippen molar-refractivity contribution < 1.29 is 8.42 Å². The number of sulfone groups is 1. The second kappa shape index (κ2) is 5.89. The van der Waals surface area contributed by atoms with Crippen LogP contribution >= 0.6 is 11.5 Å². The van der Waals surface area contributed by atoms with Crippen molar-refractivity contribution >= 4 is 32.2 Å². The maximum absolute atomic E-state index is 11.9. The number of aromatic nitrogens is 1. The van der Waals surface area contributed by atoms with Gasteiger partial charge in [-0.25, -0.2) is 8.42 Å². The summed E-state index contributed by atoms with van der Waals surface area (Å²) < 4.78 is 27.8. The van der Waals surface area contributed by atoms with Crippen LogP contribution in [0.5, 0.6) is 0 Å². The standard InChI is InChI=1S/C13H23N3O2S2/c1-9(2)10-5-4-7-16(8-6-10)13-11(20(3,17)18)12(14)15-19-13/h9-10H,4-8H2,1-3H3,(H2,14,15). The van der Waals surface area contributed by atoms with Crippen LogP contribution in [0.15, 0.2) is 4.90 Å². The van der Waals surface area contributed by atoms with Gasteiger partial charge in [0.2, 0.25) is 0 Å². The second-order valence-electron chi connectivity index (χ2n) is 5.90. The lowest BCUT2D eigenvalue weighted by molar-refractivity contribution is 0.351. The predicted octanol–water partition coefficient (Wildman–Crippen LogP) is 2.39. The van der Waals surface area contributed by atoms with Crippen molar-refractivity contribution in [2.75, 3.05) is 30.0 Å². The zero-order valence-electron chi connectivity index (χ0n) is 12.3. The zero-order valence-corrected chi connectivity index (χ0v) is 13.9. The number of rotatable bonds is 3. The molecule has 0 radical (unpaired) electrons. The predicted molar refractivity (Wildman–Crippen MR) is 84.0 cm³/mol. The number of nitrogen functional groups attached to an aromatic ring is 1. The molecule has 1 aromatic heterocycles. The minimum absolute atomic E-state index is 0.136. The van der Waals surface area contributed by atoms with E-state index in [1.807, 2.05) is 0 Å². The molecule has 1 atom stereocenters. The fourth-order valence-corrected chi connectivity index (χ4v) is 5.08. The molecule has 2 heterocycles. The van der Waals surface area contributed by atoms with Crippen LogP contribution in [0.1, 0.15) is 33.1 Å². The summed E-state index contributed by atoms with van der Waals surface area (Å²) in [5, 5.41) is 0.717. The van der Waals surface area contributed by atoms with Gasteiger partial charge in [0.25, 0.3) is 0 Å². The highest BCUT2D eigenvalue weighted by Crippen LogP contribution is 2.36. The molecule has 1 saturated heterocycles. The average Bonchev–Trinajstić information content (AvgIpc) is 2.59. The molecule has 0 saturated carbocycles. The molecule has 1 aromatic rings. The minimum atomic E-state index is -3.33. The quantitative estimate of drug-likeness (QED) is 0.926. The lowest BCUT2D eigenvalue weighted by Crippen LogP contribution is -2.25. The lowest BCUT2D eigenvalue weighted by atomic mass is 9.89. The van der Waals surface area contributed by atoms with Crippen LogP contribution in [0.3, 0.4) is 0 Å². The molecule has 1 aliphatic rings. The molecule has 0 aliphatic carbocycles. The van der Waals surface area contributed by atoms with Crippen molar-refractivity contribution in [3.8, 4) is 0 Å². The molecule has 1 aliphatic heterocycles. The first kappa shape index (κ1) is 15.6. The number of hydrogen-bond acceptors (Lipinski definition) is 6. The fourth-order valence-electron chi connectivity index (χ4n) is 2.83. The monoisotopic (exact) mass is 317 g/mol. The van der Waals surface area contributed by atoms with E-state index in [9.17, 15) is 8.42 Å². The van der Waals surface area contributed by atoms with Crippen molar-refractivity contribution in [3.05, 3.63) is 0 Å². The summed E-state index contributed by atoms with van der Waals surface area (Å²) in [6, 6.07) is 0.